The third-order valence-corrected chi connectivity index (χ3v) is 2.94. The summed E-state index contributed by atoms with van der Waals surface area (Å²) < 4.78 is 0. The molecule has 0 fully saturated rings. The molecule has 112 valence electrons. The van der Waals surface area contributed by atoms with Gasteiger partial charge in [0.1, 0.15) is 0 Å². The average molecular weight is 281 g/mol. The van der Waals surface area contributed by atoms with Crippen molar-refractivity contribution in [2.75, 3.05) is 13.6 Å². The van der Waals surface area contributed by atoms with E-state index in [-0.39, 0.29) is 5.41 Å². The smallest absolute Gasteiger partial charge is 0.0234 e. The van der Waals surface area contributed by atoms with E-state index in [1.54, 1.807) is 0 Å². The van der Waals surface area contributed by atoms with Gasteiger partial charge in [0.2, 0.25) is 0 Å². The molecule has 1 nitrogen and oxygen atoms in total. The number of likely N-dealkylation sites (N-methyl/N-ethyl adjacent to an activating group) is 1. The molecule has 0 unspecified atom stereocenters. The largest absolute Gasteiger partial charge is 0.298 e. The Morgan fingerprint density at radius 3 is 2.67 bits per heavy atom. The molecule has 0 heterocycles. The van der Waals surface area contributed by atoms with Gasteiger partial charge in [-0.3, -0.25) is 4.90 Å². The zero-order chi connectivity index (χ0) is 15.9. The lowest BCUT2D eigenvalue weighted by molar-refractivity contribution is 0.363. The second-order valence-corrected chi connectivity index (χ2v) is 6.60. The Morgan fingerprint density at radius 1 is 1.33 bits per heavy atom. The molecule has 0 aliphatic rings. The summed E-state index contributed by atoms with van der Waals surface area (Å²) in [4.78, 5) is 2.27. The van der Waals surface area contributed by atoms with Crippen LogP contribution in [0.3, 0.4) is 0 Å². The molecule has 0 atom stereocenters. The standard InChI is InChI=1S/C20H27N/c1-17(2)19-12-10-11-18(15-19)16-21(6)14-9-7-8-13-20(3,4)5/h7,9-12,15H,1,14,16H2,2-6H3/b9-7+. The lowest BCUT2D eigenvalue weighted by atomic mass is 9.98. The van der Waals surface area contributed by atoms with Gasteiger partial charge in [-0.1, -0.05) is 54.3 Å². The minimum absolute atomic E-state index is 0.0687. The van der Waals surface area contributed by atoms with Crippen molar-refractivity contribution >= 4 is 5.57 Å². The Kier molecular flexibility index (Phi) is 6.46. The van der Waals surface area contributed by atoms with Crippen molar-refractivity contribution in [2.24, 2.45) is 5.41 Å². The van der Waals surface area contributed by atoms with Crippen LogP contribution in [0.2, 0.25) is 0 Å². The van der Waals surface area contributed by atoms with E-state index in [1.165, 1.54) is 11.1 Å². The summed E-state index contributed by atoms with van der Waals surface area (Å²) in [6.45, 7) is 14.2. The molecule has 1 rings (SSSR count). The van der Waals surface area contributed by atoms with Gasteiger partial charge in [0, 0.05) is 18.5 Å². The van der Waals surface area contributed by atoms with Gasteiger partial charge < -0.3 is 0 Å². The maximum absolute atomic E-state index is 4.00. The fourth-order valence-corrected chi connectivity index (χ4v) is 1.86. The van der Waals surface area contributed by atoms with Gasteiger partial charge in [-0.2, -0.15) is 0 Å². The van der Waals surface area contributed by atoms with Gasteiger partial charge in [0.25, 0.3) is 0 Å². The van der Waals surface area contributed by atoms with Crippen molar-refractivity contribution < 1.29 is 0 Å². The summed E-state index contributed by atoms with van der Waals surface area (Å²) in [5.41, 5.74) is 3.70. The van der Waals surface area contributed by atoms with E-state index < -0.39 is 0 Å². The molecule has 0 amide bonds. The van der Waals surface area contributed by atoms with E-state index >= 15 is 0 Å². The van der Waals surface area contributed by atoms with Gasteiger partial charge in [-0.05, 0) is 51.9 Å². The van der Waals surface area contributed by atoms with Gasteiger partial charge in [-0.15, -0.1) is 0 Å². The van der Waals surface area contributed by atoms with E-state index in [2.05, 4.69) is 81.5 Å². The highest BCUT2D eigenvalue weighted by atomic mass is 15.1. The molecule has 0 bridgehead atoms. The van der Waals surface area contributed by atoms with Gasteiger partial charge in [0.15, 0.2) is 0 Å². The van der Waals surface area contributed by atoms with Crippen LogP contribution in [-0.2, 0) is 6.54 Å². The van der Waals surface area contributed by atoms with Crippen LogP contribution in [0, 0.1) is 17.3 Å². The summed E-state index contributed by atoms with van der Waals surface area (Å²) >= 11 is 0. The van der Waals surface area contributed by atoms with Gasteiger partial charge >= 0.3 is 0 Å². The van der Waals surface area contributed by atoms with Crippen molar-refractivity contribution in [3.8, 4) is 11.8 Å². The predicted molar refractivity (Wildman–Crippen MR) is 93.9 cm³/mol. The van der Waals surface area contributed by atoms with Crippen LogP contribution in [0.4, 0.5) is 0 Å². The molecule has 1 aromatic carbocycles. The molecular formula is C20H27N. The van der Waals surface area contributed by atoms with Crippen LogP contribution in [-0.4, -0.2) is 18.5 Å². The zero-order valence-corrected chi connectivity index (χ0v) is 14.0. The Morgan fingerprint density at radius 2 is 2.05 bits per heavy atom. The first-order chi connectivity index (χ1) is 9.78. The molecule has 0 radical (unpaired) electrons. The Hall–Kier alpha value is -1.78. The third kappa shape index (κ3) is 7.54. The van der Waals surface area contributed by atoms with Crippen LogP contribution < -0.4 is 0 Å². The van der Waals surface area contributed by atoms with E-state index in [0.29, 0.717) is 0 Å². The molecule has 1 heteroatoms. The van der Waals surface area contributed by atoms with Crippen molar-refractivity contribution in [3.63, 3.8) is 0 Å². The first-order valence-corrected chi connectivity index (χ1v) is 7.39. The first-order valence-electron chi connectivity index (χ1n) is 7.39. The minimum Gasteiger partial charge on any atom is -0.298 e. The minimum atomic E-state index is 0.0687. The number of benzene rings is 1. The number of rotatable bonds is 5. The monoisotopic (exact) mass is 281 g/mol. The summed E-state index contributed by atoms with van der Waals surface area (Å²) in [6, 6.07) is 8.57. The fourth-order valence-electron chi connectivity index (χ4n) is 1.86. The molecule has 0 N–H and O–H groups in total. The second kappa shape index (κ2) is 7.86. The lowest BCUT2D eigenvalue weighted by Crippen LogP contribution is -2.17. The van der Waals surface area contributed by atoms with Gasteiger partial charge in [-0.25, -0.2) is 0 Å². The SMILES string of the molecule is C=C(C)c1cccc(CN(C)C/C=C/C#CC(C)(C)C)c1. The lowest BCUT2D eigenvalue weighted by Gasteiger charge is -2.15. The van der Waals surface area contributed by atoms with E-state index in [0.717, 1.165) is 18.7 Å². The van der Waals surface area contributed by atoms with Crippen LogP contribution in [0.25, 0.3) is 5.57 Å². The Labute approximate surface area is 130 Å². The van der Waals surface area contributed by atoms with Crippen molar-refractivity contribution in [1.29, 1.82) is 0 Å². The molecule has 0 aliphatic heterocycles. The molecule has 0 aliphatic carbocycles. The topological polar surface area (TPSA) is 3.24 Å². The number of nitrogens with zero attached hydrogens (tertiary/aromatic N) is 1. The number of hydrogen-bond acceptors (Lipinski definition) is 1. The van der Waals surface area contributed by atoms with Crippen molar-refractivity contribution in [1.82, 2.24) is 4.90 Å². The maximum atomic E-state index is 4.00. The van der Waals surface area contributed by atoms with Crippen LogP contribution >= 0.6 is 0 Å². The Bertz CT molecular complexity index is 561. The first kappa shape index (κ1) is 17.3. The fraction of sp³-hybridized carbons (Fsp3) is 0.400. The van der Waals surface area contributed by atoms with Gasteiger partial charge in [0.05, 0.1) is 0 Å². The van der Waals surface area contributed by atoms with E-state index in [1.807, 2.05) is 13.0 Å². The highest BCUT2D eigenvalue weighted by Crippen LogP contribution is 2.14. The van der Waals surface area contributed by atoms with Crippen LogP contribution in [0.15, 0.2) is 43.0 Å². The highest BCUT2D eigenvalue weighted by Gasteiger charge is 2.02. The molecule has 1 aromatic rings. The third-order valence-electron chi connectivity index (χ3n) is 2.94. The second-order valence-electron chi connectivity index (χ2n) is 6.60. The summed E-state index contributed by atoms with van der Waals surface area (Å²) in [5.74, 6) is 6.30. The molecule has 0 aromatic heterocycles. The maximum Gasteiger partial charge on any atom is 0.0234 e. The van der Waals surface area contributed by atoms with Crippen LogP contribution in [0.1, 0.15) is 38.8 Å². The van der Waals surface area contributed by atoms with Crippen LogP contribution in [0.5, 0.6) is 0 Å². The number of hydrogen-bond donors (Lipinski definition) is 0. The molecule has 0 spiro atoms. The van der Waals surface area contributed by atoms with E-state index in [4.69, 9.17) is 0 Å². The van der Waals surface area contributed by atoms with Crippen molar-refractivity contribution in [3.05, 3.63) is 54.1 Å². The highest BCUT2D eigenvalue weighted by molar-refractivity contribution is 5.61. The zero-order valence-electron chi connectivity index (χ0n) is 14.0. The molecule has 21 heavy (non-hydrogen) atoms. The number of allylic oxidation sites excluding steroid dienone is 2. The Balaban J connectivity index is 2.52. The normalized spacial score (nSPS) is 11.5. The predicted octanol–water partition coefficient (Wildman–Crippen LogP) is 4.76. The quantitative estimate of drug-likeness (QED) is 0.704. The molecule has 0 saturated heterocycles. The van der Waals surface area contributed by atoms with Crippen molar-refractivity contribution in [2.45, 2.75) is 34.2 Å². The summed E-state index contributed by atoms with van der Waals surface area (Å²) in [5, 5.41) is 0. The summed E-state index contributed by atoms with van der Waals surface area (Å²) in [6.07, 6.45) is 4.06. The molecule has 0 saturated carbocycles. The summed E-state index contributed by atoms with van der Waals surface area (Å²) in [7, 11) is 2.12. The van der Waals surface area contributed by atoms with E-state index in [9.17, 15) is 0 Å². The average Bonchev–Trinajstić information content (AvgIpc) is 2.37. The molecular weight excluding hydrogens is 254 g/mol.